The monoisotopic (exact) mass is 385 g/mol. The molecule has 2 aromatic rings. The summed E-state index contributed by atoms with van der Waals surface area (Å²) in [6, 6.07) is 2.29. The van der Waals surface area contributed by atoms with Crippen LogP contribution in [0.5, 0.6) is 0 Å². The van der Waals surface area contributed by atoms with Crippen LogP contribution in [0, 0.1) is 5.82 Å². The molecular weight excluding hydrogens is 375 g/mol. The summed E-state index contributed by atoms with van der Waals surface area (Å²) in [5.41, 5.74) is 7.08. The van der Waals surface area contributed by atoms with Gasteiger partial charge in [-0.05, 0) is 0 Å². The standard InChI is InChI=1S/C11H10BFIN5O/c12-7(3-9-16-4-17-19-9)10-6(11(20)18-14)1-5(13)2-8(10)15/h1-2,4,12H,3,15H2,(H,18,20)(H,16,17,19). The molecule has 0 saturated heterocycles. The molecule has 0 radical (unpaired) electrons. The third-order valence-electron chi connectivity index (χ3n) is 2.66. The maximum atomic E-state index is 13.4. The second-order valence-electron chi connectivity index (χ2n) is 4.05. The minimum absolute atomic E-state index is 0.140. The number of nitrogens with one attached hydrogen (secondary N) is 2. The van der Waals surface area contributed by atoms with Gasteiger partial charge in [-0.1, -0.05) is 0 Å². The fourth-order valence-electron chi connectivity index (χ4n) is 1.86. The zero-order valence-electron chi connectivity index (χ0n) is 10.3. The van der Waals surface area contributed by atoms with Crippen LogP contribution in [0.4, 0.5) is 10.1 Å². The third kappa shape index (κ3) is 3.03. The Morgan fingerprint density at radius 1 is 1.55 bits per heavy atom. The van der Waals surface area contributed by atoms with Gasteiger partial charge in [-0.2, -0.15) is 0 Å². The van der Waals surface area contributed by atoms with Gasteiger partial charge in [0.05, 0.1) is 0 Å². The first-order valence-corrected chi connectivity index (χ1v) is 6.63. The molecule has 20 heavy (non-hydrogen) atoms. The number of amides is 1. The number of nitrogen functional groups attached to an aromatic ring is 1. The third-order valence-corrected chi connectivity index (χ3v) is 3.15. The van der Waals surface area contributed by atoms with Crippen molar-refractivity contribution in [2.24, 2.45) is 0 Å². The molecule has 6 nitrogen and oxygen atoms in total. The first-order valence-electron chi connectivity index (χ1n) is 5.55. The molecule has 1 aromatic heterocycles. The zero-order valence-corrected chi connectivity index (χ0v) is 12.4. The van der Waals surface area contributed by atoms with E-state index in [4.69, 9.17) is 5.73 Å². The maximum absolute atomic E-state index is 13.4. The molecule has 2 rings (SSSR count). The number of aromatic nitrogens is 3. The average Bonchev–Trinajstić information content (AvgIpc) is 2.89. The second kappa shape index (κ2) is 6.12. The zero-order chi connectivity index (χ0) is 14.7. The van der Waals surface area contributed by atoms with E-state index in [9.17, 15) is 9.18 Å². The van der Waals surface area contributed by atoms with E-state index in [1.165, 1.54) is 6.33 Å². The number of anilines is 1. The SMILES string of the molecule is B=C(Cc1ncn[nH]1)c1c(N)cc(F)cc1C(=O)NI. The van der Waals surface area contributed by atoms with Gasteiger partial charge >= 0.3 is 129 Å². The van der Waals surface area contributed by atoms with Gasteiger partial charge in [0.1, 0.15) is 0 Å². The van der Waals surface area contributed by atoms with E-state index in [-0.39, 0.29) is 11.3 Å². The molecule has 102 valence electrons. The number of nitrogens with zero attached hydrogens (tertiary/aromatic N) is 2. The van der Waals surface area contributed by atoms with Crippen molar-refractivity contribution in [3.8, 4) is 0 Å². The second-order valence-corrected chi connectivity index (χ2v) is 4.59. The molecule has 0 atom stereocenters. The number of carbonyl (C=O) groups excluding carboxylic acids is 1. The van der Waals surface area contributed by atoms with Crippen LogP contribution in [0.3, 0.4) is 0 Å². The Morgan fingerprint density at radius 2 is 2.30 bits per heavy atom. The quantitative estimate of drug-likeness (QED) is 0.305. The van der Waals surface area contributed by atoms with Crippen molar-refractivity contribution in [3.05, 3.63) is 41.2 Å². The Kier molecular flexibility index (Phi) is 4.48. The van der Waals surface area contributed by atoms with Crippen LogP contribution in [-0.4, -0.2) is 34.0 Å². The predicted octanol–water partition coefficient (Wildman–Crippen LogP) is 0.270. The van der Waals surface area contributed by atoms with E-state index in [0.717, 1.165) is 12.1 Å². The summed E-state index contributed by atoms with van der Waals surface area (Å²) in [7, 11) is 3.89. The Hall–Kier alpha value is -1.78. The number of aromatic amines is 1. The minimum atomic E-state index is -0.575. The van der Waals surface area contributed by atoms with Gasteiger partial charge in [0.15, 0.2) is 0 Å². The van der Waals surface area contributed by atoms with Crippen molar-refractivity contribution >= 4 is 47.4 Å². The van der Waals surface area contributed by atoms with E-state index in [1.54, 1.807) is 22.9 Å². The first kappa shape index (κ1) is 14.6. The number of hydrogen-bond acceptors (Lipinski definition) is 4. The van der Waals surface area contributed by atoms with Crippen molar-refractivity contribution in [1.29, 1.82) is 0 Å². The van der Waals surface area contributed by atoms with Crippen LogP contribution in [0.1, 0.15) is 21.7 Å². The molecule has 1 amide bonds. The summed E-state index contributed by atoms with van der Waals surface area (Å²) in [4.78, 5) is 15.8. The number of halogens is 2. The molecule has 9 heteroatoms. The van der Waals surface area contributed by atoms with E-state index < -0.39 is 11.7 Å². The predicted molar refractivity (Wildman–Crippen MR) is 83.6 cm³/mol. The van der Waals surface area contributed by atoms with Crippen LogP contribution in [0.15, 0.2) is 18.5 Å². The molecular formula is C11H10BFIN5O. The molecule has 0 spiro atoms. The van der Waals surface area contributed by atoms with Crippen LogP contribution in [-0.2, 0) is 6.42 Å². The summed E-state index contributed by atoms with van der Waals surface area (Å²) >= 11 is 1.68. The molecule has 4 N–H and O–H groups in total. The number of nitrogens with two attached hydrogens (primary N) is 1. The van der Waals surface area contributed by atoms with Crippen molar-refractivity contribution in [1.82, 2.24) is 18.7 Å². The molecule has 0 aliphatic heterocycles. The fraction of sp³-hybridized carbons (Fsp3) is 0.0909. The molecule has 0 bridgehead atoms. The van der Waals surface area contributed by atoms with Crippen molar-refractivity contribution in [2.75, 3.05) is 5.73 Å². The summed E-state index contributed by atoms with van der Waals surface area (Å²) in [5.74, 6) is -0.432. The van der Waals surface area contributed by atoms with E-state index in [0.29, 0.717) is 23.3 Å². The summed E-state index contributed by atoms with van der Waals surface area (Å²) in [6.07, 6.45) is 1.70. The topological polar surface area (TPSA) is 96.7 Å². The normalized spacial score (nSPS) is 10.2. The average molecular weight is 385 g/mol. The molecule has 0 unspecified atom stereocenters. The van der Waals surface area contributed by atoms with Crippen LogP contribution in [0.2, 0.25) is 0 Å². The van der Waals surface area contributed by atoms with E-state index in [1.807, 2.05) is 0 Å². The van der Waals surface area contributed by atoms with E-state index in [2.05, 4.69) is 26.2 Å². The van der Waals surface area contributed by atoms with Gasteiger partial charge < -0.3 is 0 Å². The number of benzene rings is 1. The van der Waals surface area contributed by atoms with Gasteiger partial charge in [-0.15, -0.1) is 0 Å². The van der Waals surface area contributed by atoms with Crippen molar-refractivity contribution in [2.45, 2.75) is 6.42 Å². The summed E-state index contributed by atoms with van der Waals surface area (Å²) < 4.78 is 15.8. The summed E-state index contributed by atoms with van der Waals surface area (Å²) in [6.45, 7) is 0. The van der Waals surface area contributed by atoms with Gasteiger partial charge in [-0.25, -0.2) is 0 Å². The van der Waals surface area contributed by atoms with Gasteiger partial charge in [0, 0.05) is 0 Å². The fourth-order valence-corrected chi connectivity index (χ4v) is 2.15. The molecule has 0 aliphatic rings. The van der Waals surface area contributed by atoms with Gasteiger partial charge in [0.2, 0.25) is 0 Å². The number of H-pyrrole nitrogens is 1. The van der Waals surface area contributed by atoms with Crippen LogP contribution < -0.4 is 9.26 Å². The number of carbonyl (C=O) groups is 1. The Labute approximate surface area is 128 Å². The molecule has 0 fully saturated rings. The molecule has 1 aromatic carbocycles. The number of rotatable bonds is 4. The molecule has 1 heterocycles. The summed E-state index contributed by atoms with van der Waals surface area (Å²) in [5, 5.41) is 6.42. The Balaban J connectivity index is 2.44. The van der Waals surface area contributed by atoms with Gasteiger partial charge in [-0.3, -0.25) is 0 Å². The first-order chi connectivity index (χ1) is 9.52. The van der Waals surface area contributed by atoms with Crippen LogP contribution >= 0.6 is 22.9 Å². The van der Waals surface area contributed by atoms with Crippen molar-refractivity contribution in [3.63, 3.8) is 0 Å². The van der Waals surface area contributed by atoms with E-state index >= 15 is 0 Å². The van der Waals surface area contributed by atoms with Gasteiger partial charge in [0.25, 0.3) is 0 Å². The van der Waals surface area contributed by atoms with Crippen molar-refractivity contribution < 1.29 is 9.18 Å². The Bertz CT molecular complexity index is 661. The number of hydrogen-bond donors (Lipinski definition) is 3. The molecule has 0 aliphatic carbocycles. The molecule has 0 saturated carbocycles. The Morgan fingerprint density at radius 3 is 2.90 bits per heavy atom. The van der Waals surface area contributed by atoms with Crippen LogP contribution in [0.25, 0.3) is 0 Å².